The van der Waals surface area contributed by atoms with E-state index in [2.05, 4.69) is 29.0 Å². The van der Waals surface area contributed by atoms with E-state index in [0.29, 0.717) is 6.04 Å². The van der Waals surface area contributed by atoms with Crippen molar-refractivity contribution in [2.45, 2.75) is 51.7 Å². The maximum Gasteiger partial charge on any atom is 0.107 e. The highest BCUT2D eigenvalue weighted by Crippen LogP contribution is 2.34. The van der Waals surface area contributed by atoms with Crippen LogP contribution in [0.2, 0.25) is 0 Å². The smallest absolute Gasteiger partial charge is 0.107 e. The van der Waals surface area contributed by atoms with Crippen LogP contribution < -0.4 is 5.32 Å². The van der Waals surface area contributed by atoms with E-state index in [1.807, 2.05) is 17.5 Å². The van der Waals surface area contributed by atoms with Crippen LogP contribution in [0.3, 0.4) is 0 Å². The predicted molar refractivity (Wildman–Crippen MR) is 75.9 cm³/mol. The lowest BCUT2D eigenvalue weighted by molar-refractivity contribution is 0.125. The Labute approximate surface area is 114 Å². The van der Waals surface area contributed by atoms with Gasteiger partial charge in [-0.2, -0.15) is 0 Å². The number of aromatic nitrogens is 1. The fraction of sp³-hybridized carbons (Fsp3) is 0.786. The number of aryl methyl sites for hydroxylation is 1. The van der Waals surface area contributed by atoms with Gasteiger partial charge in [0, 0.05) is 36.2 Å². The molecule has 0 bridgehead atoms. The molecule has 2 aliphatic rings. The summed E-state index contributed by atoms with van der Waals surface area (Å²) in [6, 6.07) is 1.36. The number of piperazine rings is 1. The van der Waals surface area contributed by atoms with E-state index in [1.165, 1.54) is 29.3 Å². The first-order valence-corrected chi connectivity index (χ1v) is 7.99. The molecule has 2 heterocycles. The van der Waals surface area contributed by atoms with Crippen LogP contribution in [0.1, 0.15) is 36.6 Å². The minimum atomic E-state index is 0.633. The van der Waals surface area contributed by atoms with Crippen LogP contribution in [0.25, 0.3) is 0 Å². The maximum atomic E-state index is 4.56. The first-order valence-electron chi connectivity index (χ1n) is 7.17. The summed E-state index contributed by atoms with van der Waals surface area (Å²) in [6.07, 6.45) is 6.01. The van der Waals surface area contributed by atoms with Gasteiger partial charge in [0.25, 0.3) is 0 Å². The Balaban J connectivity index is 1.62. The summed E-state index contributed by atoms with van der Waals surface area (Å²) in [5, 5.41) is 4.99. The van der Waals surface area contributed by atoms with Gasteiger partial charge in [-0.1, -0.05) is 6.92 Å². The van der Waals surface area contributed by atoms with Gasteiger partial charge < -0.3 is 5.32 Å². The fourth-order valence-electron chi connectivity index (χ4n) is 2.74. The van der Waals surface area contributed by atoms with Crippen LogP contribution in [-0.4, -0.2) is 35.1 Å². The van der Waals surface area contributed by atoms with Gasteiger partial charge in [0.15, 0.2) is 0 Å². The van der Waals surface area contributed by atoms with Crippen LogP contribution in [0.4, 0.5) is 0 Å². The van der Waals surface area contributed by atoms with Crippen molar-refractivity contribution in [2.24, 2.45) is 5.92 Å². The van der Waals surface area contributed by atoms with Gasteiger partial charge in [0.05, 0.1) is 6.54 Å². The highest BCUT2D eigenvalue weighted by molar-refractivity contribution is 7.11. The van der Waals surface area contributed by atoms with Crippen molar-refractivity contribution in [3.8, 4) is 0 Å². The zero-order valence-corrected chi connectivity index (χ0v) is 12.2. The third-order valence-electron chi connectivity index (χ3n) is 4.21. The standard InChI is InChI=1S/C14H23N3S/c1-3-12-7-16-14(18-12)9-17-8-13(11-4-5-11)15-6-10(17)2/h7,10-11,13,15H,3-6,8-9H2,1-2H3. The topological polar surface area (TPSA) is 28.2 Å². The van der Waals surface area contributed by atoms with E-state index in [-0.39, 0.29) is 0 Å². The van der Waals surface area contributed by atoms with Gasteiger partial charge in [0.1, 0.15) is 5.01 Å². The molecule has 0 amide bonds. The van der Waals surface area contributed by atoms with Crippen LogP contribution in [-0.2, 0) is 13.0 Å². The molecule has 1 saturated heterocycles. The molecule has 2 unspecified atom stereocenters. The number of rotatable bonds is 4. The molecule has 0 aromatic carbocycles. The zero-order chi connectivity index (χ0) is 12.5. The lowest BCUT2D eigenvalue weighted by Gasteiger charge is -2.38. The van der Waals surface area contributed by atoms with Gasteiger partial charge in [0.2, 0.25) is 0 Å². The monoisotopic (exact) mass is 265 g/mol. The molecule has 3 nitrogen and oxygen atoms in total. The molecule has 1 aliphatic carbocycles. The number of thiazole rings is 1. The normalized spacial score (nSPS) is 29.7. The summed E-state index contributed by atoms with van der Waals surface area (Å²) < 4.78 is 0. The Kier molecular flexibility index (Phi) is 3.68. The molecule has 1 aliphatic heterocycles. The Morgan fingerprint density at radius 2 is 2.33 bits per heavy atom. The molecule has 4 heteroatoms. The van der Waals surface area contributed by atoms with Gasteiger partial charge in [-0.15, -0.1) is 11.3 Å². The molecular weight excluding hydrogens is 242 g/mol. The quantitative estimate of drug-likeness (QED) is 0.905. The minimum Gasteiger partial charge on any atom is -0.311 e. The first-order chi connectivity index (χ1) is 8.76. The highest BCUT2D eigenvalue weighted by Gasteiger charge is 2.36. The average molecular weight is 265 g/mol. The number of nitrogens with zero attached hydrogens (tertiary/aromatic N) is 2. The van der Waals surface area contributed by atoms with Gasteiger partial charge in [-0.25, -0.2) is 4.98 Å². The first kappa shape index (κ1) is 12.6. The molecule has 1 N–H and O–H groups in total. The van der Waals surface area contributed by atoms with Crippen LogP contribution >= 0.6 is 11.3 Å². The average Bonchev–Trinajstić information content (AvgIpc) is 3.13. The number of hydrogen-bond donors (Lipinski definition) is 1. The van der Waals surface area contributed by atoms with Crippen LogP contribution in [0.5, 0.6) is 0 Å². The van der Waals surface area contributed by atoms with Crippen molar-refractivity contribution in [3.63, 3.8) is 0 Å². The largest absolute Gasteiger partial charge is 0.311 e. The molecule has 2 atom stereocenters. The Morgan fingerprint density at radius 3 is 3.00 bits per heavy atom. The Bertz CT molecular complexity index is 399. The third-order valence-corrected chi connectivity index (χ3v) is 5.34. The summed E-state index contributed by atoms with van der Waals surface area (Å²) in [5.41, 5.74) is 0. The van der Waals surface area contributed by atoms with Crippen molar-refractivity contribution < 1.29 is 0 Å². The molecule has 1 saturated carbocycles. The lowest BCUT2D eigenvalue weighted by atomic mass is 10.1. The molecule has 1 aromatic rings. The van der Waals surface area contributed by atoms with E-state index in [0.717, 1.165) is 31.5 Å². The molecule has 0 spiro atoms. The van der Waals surface area contributed by atoms with E-state index < -0.39 is 0 Å². The Morgan fingerprint density at radius 1 is 1.50 bits per heavy atom. The second-order valence-electron chi connectivity index (χ2n) is 5.70. The number of hydrogen-bond acceptors (Lipinski definition) is 4. The molecule has 2 fully saturated rings. The summed E-state index contributed by atoms with van der Waals surface area (Å²) in [7, 11) is 0. The van der Waals surface area contributed by atoms with Crippen molar-refractivity contribution >= 4 is 11.3 Å². The minimum absolute atomic E-state index is 0.633. The van der Waals surface area contributed by atoms with Gasteiger partial charge in [-0.3, -0.25) is 4.90 Å². The molecular formula is C14H23N3S. The molecule has 0 radical (unpaired) electrons. The van der Waals surface area contributed by atoms with Crippen molar-refractivity contribution in [2.75, 3.05) is 13.1 Å². The summed E-state index contributed by atoms with van der Waals surface area (Å²) >= 11 is 1.88. The maximum absolute atomic E-state index is 4.56. The summed E-state index contributed by atoms with van der Waals surface area (Å²) in [5.74, 6) is 0.947. The lowest BCUT2D eigenvalue weighted by Crippen LogP contribution is -2.55. The highest BCUT2D eigenvalue weighted by atomic mass is 32.1. The molecule has 18 heavy (non-hydrogen) atoms. The molecule has 1 aromatic heterocycles. The van der Waals surface area contributed by atoms with Crippen LogP contribution in [0, 0.1) is 5.92 Å². The SMILES string of the molecule is CCc1cnc(CN2CC(C3CC3)NCC2C)s1. The second-order valence-corrected chi connectivity index (χ2v) is 6.90. The Hall–Kier alpha value is -0.450. The molecule has 3 rings (SSSR count). The second kappa shape index (κ2) is 5.27. The van der Waals surface area contributed by atoms with Gasteiger partial charge in [-0.05, 0) is 32.1 Å². The van der Waals surface area contributed by atoms with E-state index >= 15 is 0 Å². The van der Waals surface area contributed by atoms with E-state index in [1.54, 1.807) is 0 Å². The van der Waals surface area contributed by atoms with E-state index in [9.17, 15) is 0 Å². The van der Waals surface area contributed by atoms with Crippen molar-refractivity contribution in [3.05, 3.63) is 16.1 Å². The molecule has 100 valence electrons. The van der Waals surface area contributed by atoms with Crippen molar-refractivity contribution in [1.29, 1.82) is 0 Å². The third kappa shape index (κ3) is 2.76. The van der Waals surface area contributed by atoms with E-state index in [4.69, 9.17) is 0 Å². The summed E-state index contributed by atoms with van der Waals surface area (Å²) in [6.45, 7) is 7.90. The predicted octanol–water partition coefficient (Wildman–Crippen LogP) is 2.28. The zero-order valence-electron chi connectivity index (χ0n) is 11.4. The van der Waals surface area contributed by atoms with Crippen molar-refractivity contribution in [1.82, 2.24) is 15.2 Å². The summed E-state index contributed by atoms with van der Waals surface area (Å²) in [4.78, 5) is 8.58. The number of nitrogens with one attached hydrogen (secondary N) is 1. The van der Waals surface area contributed by atoms with Gasteiger partial charge >= 0.3 is 0 Å². The van der Waals surface area contributed by atoms with Crippen LogP contribution in [0.15, 0.2) is 6.20 Å². The fourth-order valence-corrected chi connectivity index (χ4v) is 3.63.